The van der Waals surface area contributed by atoms with Crippen molar-refractivity contribution in [1.29, 1.82) is 0 Å². The van der Waals surface area contributed by atoms with E-state index in [9.17, 15) is 32.7 Å². The summed E-state index contributed by atoms with van der Waals surface area (Å²) in [5.74, 6) is -2.76. The van der Waals surface area contributed by atoms with Gasteiger partial charge in [0.1, 0.15) is 11.7 Å². The first-order chi connectivity index (χ1) is 13.5. The topological polar surface area (TPSA) is 99.1 Å². The van der Waals surface area contributed by atoms with E-state index < -0.39 is 48.3 Å². The summed E-state index contributed by atoms with van der Waals surface area (Å²) in [5, 5.41) is 9.27. The summed E-state index contributed by atoms with van der Waals surface area (Å²) >= 11 is 0. The van der Waals surface area contributed by atoms with Gasteiger partial charge in [0.15, 0.2) is 12.2 Å². The second-order valence-electron chi connectivity index (χ2n) is 8.35. The van der Waals surface area contributed by atoms with Gasteiger partial charge in [0.25, 0.3) is 0 Å². The number of halogens is 3. The Labute approximate surface area is 173 Å². The van der Waals surface area contributed by atoms with Gasteiger partial charge in [0, 0.05) is 5.57 Å². The molecule has 0 aromatic rings. The normalized spacial score (nSPS) is 21.9. The highest BCUT2D eigenvalue weighted by atomic mass is 19.4. The molecular weight excluding hydrogens is 409 g/mol. The molecule has 30 heavy (non-hydrogen) atoms. The molecule has 1 aliphatic rings. The van der Waals surface area contributed by atoms with Gasteiger partial charge in [-0.15, -0.1) is 0 Å². The van der Waals surface area contributed by atoms with Gasteiger partial charge in [-0.25, -0.2) is 9.59 Å². The number of esters is 3. The average Bonchev–Trinajstić information content (AvgIpc) is 2.58. The molecular formula is C20H29F3O7. The van der Waals surface area contributed by atoms with E-state index in [4.69, 9.17) is 9.47 Å². The Balaban J connectivity index is 2.47. The minimum Gasteiger partial charge on any atom is -0.459 e. The second kappa shape index (κ2) is 9.80. The Morgan fingerprint density at radius 2 is 1.57 bits per heavy atom. The quantitative estimate of drug-likeness (QED) is 0.353. The van der Waals surface area contributed by atoms with E-state index in [2.05, 4.69) is 11.3 Å². The minimum absolute atomic E-state index is 0.0390. The molecule has 0 aromatic heterocycles. The molecule has 1 unspecified atom stereocenters. The van der Waals surface area contributed by atoms with E-state index in [1.807, 2.05) is 0 Å². The SMILES string of the molecule is C=C(C)C(=O)OC1CCC(C(C)(C)OC(=O)COC(=O)CC(C)(O)C(F)(F)F)CC1. The van der Waals surface area contributed by atoms with Crippen LogP contribution in [-0.2, 0) is 28.6 Å². The molecule has 1 atom stereocenters. The van der Waals surface area contributed by atoms with Crippen LogP contribution >= 0.6 is 0 Å². The first-order valence-corrected chi connectivity index (χ1v) is 9.58. The van der Waals surface area contributed by atoms with Crippen molar-refractivity contribution in [2.45, 2.75) is 83.3 Å². The zero-order chi connectivity index (χ0) is 23.3. The number of carbonyl (C=O) groups is 3. The first kappa shape index (κ1) is 25.9. The van der Waals surface area contributed by atoms with Crippen LogP contribution in [0, 0.1) is 5.92 Å². The predicted molar refractivity (Wildman–Crippen MR) is 99.1 cm³/mol. The molecule has 7 nitrogen and oxygen atoms in total. The average molecular weight is 438 g/mol. The van der Waals surface area contributed by atoms with Crippen LogP contribution in [0.25, 0.3) is 0 Å². The van der Waals surface area contributed by atoms with Gasteiger partial charge in [-0.3, -0.25) is 4.79 Å². The first-order valence-electron chi connectivity index (χ1n) is 9.58. The molecule has 0 amide bonds. The fourth-order valence-electron chi connectivity index (χ4n) is 3.11. The lowest BCUT2D eigenvalue weighted by molar-refractivity contribution is -0.255. The zero-order valence-corrected chi connectivity index (χ0v) is 17.6. The molecule has 10 heteroatoms. The number of carbonyl (C=O) groups excluding carboxylic acids is 3. The third-order valence-electron chi connectivity index (χ3n) is 5.11. The van der Waals surface area contributed by atoms with Crippen molar-refractivity contribution in [3.8, 4) is 0 Å². The van der Waals surface area contributed by atoms with E-state index in [-0.39, 0.29) is 12.0 Å². The third kappa shape index (κ3) is 7.62. The summed E-state index contributed by atoms with van der Waals surface area (Å²) in [6.45, 7) is 8.05. The summed E-state index contributed by atoms with van der Waals surface area (Å²) in [4.78, 5) is 35.1. The Hall–Kier alpha value is -2.10. The van der Waals surface area contributed by atoms with Crippen molar-refractivity contribution in [2.75, 3.05) is 6.61 Å². The van der Waals surface area contributed by atoms with Crippen LogP contribution in [0.2, 0.25) is 0 Å². The Morgan fingerprint density at radius 3 is 2.03 bits per heavy atom. The molecule has 0 bridgehead atoms. The van der Waals surface area contributed by atoms with Crippen LogP contribution in [-0.4, -0.2) is 53.1 Å². The summed E-state index contributed by atoms with van der Waals surface area (Å²) in [6.07, 6.45) is -4.14. The van der Waals surface area contributed by atoms with Gasteiger partial charge in [-0.1, -0.05) is 6.58 Å². The van der Waals surface area contributed by atoms with Crippen molar-refractivity contribution in [2.24, 2.45) is 5.92 Å². The van der Waals surface area contributed by atoms with Crippen molar-refractivity contribution in [3.63, 3.8) is 0 Å². The highest BCUT2D eigenvalue weighted by Gasteiger charge is 2.51. The molecule has 1 aliphatic carbocycles. The van der Waals surface area contributed by atoms with E-state index >= 15 is 0 Å². The van der Waals surface area contributed by atoms with Crippen LogP contribution in [0.4, 0.5) is 13.2 Å². The van der Waals surface area contributed by atoms with Gasteiger partial charge in [0.05, 0.1) is 6.42 Å². The molecule has 0 radical (unpaired) electrons. The Bertz CT molecular complexity index is 660. The molecule has 1 fully saturated rings. The van der Waals surface area contributed by atoms with Gasteiger partial charge in [0.2, 0.25) is 0 Å². The standard InChI is InChI=1S/C20H29F3O7/c1-12(2)17(26)29-14-8-6-13(7-9-14)18(3,4)30-16(25)11-28-15(24)10-19(5,27)20(21,22)23/h13-14,27H,1,6-11H2,2-5H3. The lowest BCUT2D eigenvalue weighted by Gasteiger charge is -2.38. The van der Waals surface area contributed by atoms with Crippen LogP contribution < -0.4 is 0 Å². The van der Waals surface area contributed by atoms with Crippen molar-refractivity contribution < 1.29 is 46.9 Å². The van der Waals surface area contributed by atoms with Gasteiger partial charge in [-0.2, -0.15) is 13.2 Å². The lowest BCUT2D eigenvalue weighted by atomic mass is 9.77. The summed E-state index contributed by atoms with van der Waals surface area (Å²) in [7, 11) is 0. The fraction of sp³-hybridized carbons (Fsp3) is 0.750. The Kier molecular flexibility index (Phi) is 8.48. The molecule has 0 heterocycles. The maximum atomic E-state index is 12.6. The summed E-state index contributed by atoms with van der Waals surface area (Å²) < 4.78 is 52.9. The predicted octanol–water partition coefficient (Wildman–Crippen LogP) is 3.23. The largest absolute Gasteiger partial charge is 0.459 e. The van der Waals surface area contributed by atoms with Crippen molar-refractivity contribution in [3.05, 3.63) is 12.2 Å². The molecule has 0 aromatic carbocycles. The van der Waals surface area contributed by atoms with Gasteiger partial charge >= 0.3 is 24.1 Å². The molecule has 0 spiro atoms. The van der Waals surface area contributed by atoms with Crippen LogP contribution in [0.5, 0.6) is 0 Å². The van der Waals surface area contributed by atoms with E-state index in [0.29, 0.717) is 38.2 Å². The lowest BCUT2D eigenvalue weighted by Crippen LogP contribution is -2.44. The smallest absolute Gasteiger partial charge is 0.417 e. The van der Waals surface area contributed by atoms with E-state index in [1.54, 1.807) is 20.8 Å². The highest BCUT2D eigenvalue weighted by molar-refractivity contribution is 5.87. The summed E-state index contributed by atoms with van der Waals surface area (Å²) in [6, 6.07) is 0. The fourth-order valence-corrected chi connectivity index (χ4v) is 3.11. The monoisotopic (exact) mass is 438 g/mol. The number of alkyl halides is 3. The molecule has 0 saturated heterocycles. The third-order valence-corrected chi connectivity index (χ3v) is 5.11. The maximum absolute atomic E-state index is 12.6. The summed E-state index contributed by atoms with van der Waals surface area (Å²) in [5.41, 5.74) is -3.85. The molecule has 172 valence electrons. The zero-order valence-electron chi connectivity index (χ0n) is 17.6. The molecule has 1 saturated carbocycles. The number of aliphatic hydroxyl groups is 1. The van der Waals surface area contributed by atoms with Gasteiger partial charge in [-0.05, 0) is 59.3 Å². The maximum Gasteiger partial charge on any atom is 0.417 e. The highest BCUT2D eigenvalue weighted by Crippen LogP contribution is 2.36. The number of hydrogen-bond acceptors (Lipinski definition) is 7. The molecule has 1 N–H and O–H groups in total. The van der Waals surface area contributed by atoms with E-state index in [0.717, 1.165) is 0 Å². The Morgan fingerprint density at radius 1 is 1.03 bits per heavy atom. The number of rotatable bonds is 8. The van der Waals surface area contributed by atoms with Crippen LogP contribution in [0.15, 0.2) is 12.2 Å². The van der Waals surface area contributed by atoms with Gasteiger partial charge < -0.3 is 19.3 Å². The number of ether oxygens (including phenoxy) is 3. The second-order valence-corrected chi connectivity index (χ2v) is 8.35. The number of hydrogen-bond donors (Lipinski definition) is 1. The van der Waals surface area contributed by atoms with Crippen molar-refractivity contribution >= 4 is 17.9 Å². The van der Waals surface area contributed by atoms with E-state index in [1.165, 1.54) is 0 Å². The van der Waals surface area contributed by atoms with Crippen LogP contribution in [0.3, 0.4) is 0 Å². The van der Waals surface area contributed by atoms with Crippen molar-refractivity contribution in [1.82, 2.24) is 0 Å². The molecule has 1 rings (SSSR count). The van der Waals surface area contributed by atoms with Crippen LogP contribution in [0.1, 0.15) is 59.8 Å². The minimum atomic E-state index is -5.01. The molecule has 0 aliphatic heterocycles.